The Labute approximate surface area is 142 Å². The molecule has 0 unspecified atom stereocenters. The van der Waals surface area contributed by atoms with Crippen molar-refractivity contribution in [3.63, 3.8) is 0 Å². The number of carbonyl (C=O) groups excluding carboxylic acids is 1. The van der Waals surface area contributed by atoms with Gasteiger partial charge in [0.25, 0.3) is 5.91 Å². The second-order valence-electron chi connectivity index (χ2n) is 5.14. The summed E-state index contributed by atoms with van der Waals surface area (Å²) in [6.45, 7) is 1.82. The first kappa shape index (κ1) is 15.9. The van der Waals surface area contributed by atoms with Gasteiger partial charge in [-0.05, 0) is 37.3 Å². The number of hydrogen-bond acceptors (Lipinski definition) is 4. The Hall–Kier alpha value is -2.99. The Morgan fingerprint density at radius 1 is 1.17 bits per heavy atom. The number of anilines is 1. The SMILES string of the molecule is Cc1ccc2cc(Cl)cc(C(=O)Nc3ncccc3C(=O)O)c2n1. The van der Waals surface area contributed by atoms with Crippen molar-refractivity contribution in [2.45, 2.75) is 6.92 Å². The summed E-state index contributed by atoms with van der Waals surface area (Å²) in [5.41, 5.74) is 1.40. The van der Waals surface area contributed by atoms with E-state index in [-0.39, 0.29) is 16.9 Å². The minimum Gasteiger partial charge on any atom is -0.478 e. The fourth-order valence-corrected chi connectivity index (χ4v) is 2.55. The number of carboxylic acids is 1. The zero-order valence-electron chi connectivity index (χ0n) is 12.6. The number of nitrogens with zero attached hydrogens (tertiary/aromatic N) is 2. The number of aryl methyl sites for hydroxylation is 1. The highest BCUT2D eigenvalue weighted by molar-refractivity contribution is 6.32. The molecule has 2 N–H and O–H groups in total. The molecule has 120 valence electrons. The van der Waals surface area contributed by atoms with Crippen molar-refractivity contribution in [3.05, 3.63) is 64.4 Å². The molecule has 0 saturated heterocycles. The van der Waals surface area contributed by atoms with Crippen LogP contribution in [0.1, 0.15) is 26.4 Å². The Morgan fingerprint density at radius 2 is 1.96 bits per heavy atom. The van der Waals surface area contributed by atoms with Gasteiger partial charge in [0.15, 0.2) is 0 Å². The first-order chi connectivity index (χ1) is 11.5. The lowest BCUT2D eigenvalue weighted by Crippen LogP contribution is -2.16. The van der Waals surface area contributed by atoms with Crippen molar-refractivity contribution in [2.75, 3.05) is 5.32 Å². The third-order valence-electron chi connectivity index (χ3n) is 3.41. The maximum Gasteiger partial charge on any atom is 0.339 e. The van der Waals surface area contributed by atoms with E-state index in [1.54, 1.807) is 6.07 Å². The van der Waals surface area contributed by atoms with Crippen molar-refractivity contribution in [1.29, 1.82) is 0 Å². The number of fused-ring (bicyclic) bond motifs is 1. The van der Waals surface area contributed by atoms with Crippen molar-refractivity contribution in [3.8, 4) is 0 Å². The number of pyridine rings is 2. The average Bonchev–Trinajstić information content (AvgIpc) is 2.54. The molecule has 6 nitrogen and oxygen atoms in total. The van der Waals surface area contributed by atoms with E-state index in [9.17, 15) is 14.7 Å². The number of nitrogens with one attached hydrogen (secondary N) is 1. The minimum atomic E-state index is -1.18. The molecule has 2 heterocycles. The summed E-state index contributed by atoms with van der Waals surface area (Å²) in [4.78, 5) is 32.1. The fraction of sp³-hybridized carbons (Fsp3) is 0.0588. The largest absolute Gasteiger partial charge is 0.478 e. The van der Waals surface area contributed by atoms with Crippen molar-refractivity contribution < 1.29 is 14.7 Å². The number of halogens is 1. The van der Waals surface area contributed by atoms with Gasteiger partial charge < -0.3 is 10.4 Å². The maximum absolute atomic E-state index is 12.6. The minimum absolute atomic E-state index is 0.0317. The van der Waals surface area contributed by atoms with Crippen LogP contribution in [0, 0.1) is 6.92 Å². The average molecular weight is 342 g/mol. The van der Waals surface area contributed by atoms with Gasteiger partial charge in [-0.1, -0.05) is 17.7 Å². The van der Waals surface area contributed by atoms with E-state index in [4.69, 9.17) is 11.6 Å². The molecule has 0 saturated carbocycles. The summed E-state index contributed by atoms with van der Waals surface area (Å²) >= 11 is 6.07. The van der Waals surface area contributed by atoms with Gasteiger partial charge in [0.05, 0.1) is 11.1 Å². The van der Waals surface area contributed by atoms with E-state index >= 15 is 0 Å². The molecule has 0 fully saturated rings. The molecule has 0 aliphatic heterocycles. The lowest BCUT2D eigenvalue weighted by molar-refractivity contribution is 0.0697. The van der Waals surface area contributed by atoms with Gasteiger partial charge in [-0.15, -0.1) is 0 Å². The van der Waals surface area contributed by atoms with Gasteiger partial charge >= 0.3 is 5.97 Å². The Morgan fingerprint density at radius 3 is 2.71 bits per heavy atom. The van der Waals surface area contributed by atoms with Crippen LogP contribution in [0.2, 0.25) is 5.02 Å². The standard InChI is InChI=1S/C17H12ClN3O3/c1-9-4-5-10-7-11(18)8-13(14(10)20-9)16(22)21-15-12(17(23)24)3-2-6-19-15/h2-8H,1H3,(H,23,24)(H,19,21,22). The number of aromatic nitrogens is 2. The fourth-order valence-electron chi connectivity index (χ4n) is 2.32. The van der Waals surface area contributed by atoms with Gasteiger partial charge in [0, 0.05) is 22.3 Å². The third-order valence-corrected chi connectivity index (χ3v) is 3.63. The summed E-state index contributed by atoms with van der Waals surface area (Å²) in [5.74, 6) is -1.74. The molecule has 0 aliphatic carbocycles. The second kappa shape index (κ2) is 6.25. The second-order valence-corrected chi connectivity index (χ2v) is 5.57. The van der Waals surface area contributed by atoms with Crippen LogP contribution in [0.4, 0.5) is 5.82 Å². The summed E-state index contributed by atoms with van der Waals surface area (Å²) in [6.07, 6.45) is 1.40. The lowest BCUT2D eigenvalue weighted by Gasteiger charge is -2.10. The third kappa shape index (κ3) is 3.04. The van der Waals surface area contributed by atoms with Gasteiger partial charge in [0.2, 0.25) is 0 Å². The highest BCUT2D eigenvalue weighted by atomic mass is 35.5. The van der Waals surface area contributed by atoms with Crippen LogP contribution in [0.3, 0.4) is 0 Å². The number of carbonyl (C=O) groups is 2. The Kier molecular flexibility index (Phi) is 4.14. The van der Waals surface area contributed by atoms with E-state index in [1.165, 1.54) is 24.4 Å². The monoisotopic (exact) mass is 341 g/mol. The molecule has 24 heavy (non-hydrogen) atoms. The molecule has 0 aliphatic rings. The summed E-state index contributed by atoms with van der Waals surface area (Å²) in [5, 5.41) is 12.8. The number of hydrogen-bond donors (Lipinski definition) is 2. The molecule has 3 aromatic rings. The van der Waals surface area contributed by atoms with Gasteiger partial charge in [-0.25, -0.2) is 9.78 Å². The molecular formula is C17H12ClN3O3. The van der Waals surface area contributed by atoms with Gasteiger partial charge in [-0.3, -0.25) is 9.78 Å². The van der Waals surface area contributed by atoms with Crippen molar-refractivity contribution >= 4 is 40.2 Å². The molecule has 3 rings (SSSR count). The molecule has 0 radical (unpaired) electrons. The predicted octanol–water partition coefficient (Wildman–Crippen LogP) is 3.54. The first-order valence-electron chi connectivity index (χ1n) is 7.02. The number of benzene rings is 1. The van der Waals surface area contributed by atoms with Crippen LogP contribution in [-0.4, -0.2) is 27.0 Å². The quantitative estimate of drug-likeness (QED) is 0.760. The van der Waals surface area contributed by atoms with Crippen LogP contribution in [0.25, 0.3) is 10.9 Å². The van der Waals surface area contributed by atoms with Crippen molar-refractivity contribution in [2.24, 2.45) is 0 Å². The molecule has 2 aromatic heterocycles. The summed E-state index contributed by atoms with van der Waals surface area (Å²) < 4.78 is 0. The first-order valence-corrected chi connectivity index (χ1v) is 7.40. The van der Waals surface area contributed by atoms with Crippen LogP contribution in [-0.2, 0) is 0 Å². The zero-order valence-corrected chi connectivity index (χ0v) is 13.3. The molecule has 0 atom stereocenters. The lowest BCUT2D eigenvalue weighted by atomic mass is 10.1. The number of carboxylic acid groups (broad SMARTS) is 1. The van der Waals surface area contributed by atoms with Crippen LogP contribution >= 0.6 is 11.6 Å². The van der Waals surface area contributed by atoms with Crippen LogP contribution in [0.15, 0.2) is 42.6 Å². The molecule has 0 spiro atoms. The van der Waals surface area contributed by atoms with Crippen LogP contribution in [0.5, 0.6) is 0 Å². The zero-order chi connectivity index (χ0) is 17.3. The van der Waals surface area contributed by atoms with E-state index in [2.05, 4.69) is 15.3 Å². The molecule has 1 aromatic carbocycles. The Balaban J connectivity index is 2.07. The molecular weight excluding hydrogens is 330 g/mol. The van der Waals surface area contributed by atoms with E-state index < -0.39 is 11.9 Å². The molecule has 7 heteroatoms. The normalized spacial score (nSPS) is 10.6. The van der Waals surface area contributed by atoms with Crippen molar-refractivity contribution in [1.82, 2.24) is 9.97 Å². The summed E-state index contributed by atoms with van der Waals surface area (Å²) in [7, 11) is 0. The van der Waals surface area contributed by atoms with E-state index in [0.717, 1.165) is 11.1 Å². The van der Waals surface area contributed by atoms with Gasteiger partial charge in [0.1, 0.15) is 11.4 Å². The smallest absolute Gasteiger partial charge is 0.339 e. The summed E-state index contributed by atoms with van der Waals surface area (Å²) in [6, 6.07) is 9.70. The number of amides is 1. The van der Waals surface area contributed by atoms with Gasteiger partial charge in [-0.2, -0.15) is 0 Å². The number of aromatic carboxylic acids is 1. The van der Waals surface area contributed by atoms with Crippen LogP contribution < -0.4 is 5.32 Å². The maximum atomic E-state index is 12.6. The molecule has 0 bridgehead atoms. The highest BCUT2D eigenvalue weighted by Gasteiger charge is 2.17. The Bertz CT molecular complexity index is 972. The number of rotatable bonds is 3. The molecule has 1 amide bonds. The van der Waals surface area contributed by atoms with E-state index in [1.807, 2.05) is 19.1 Å². The predicted molar refractivity (Wildman–Crippen MR) is 90.6 cm³/mol. The highest BCUT2D eigenvalue weighted by Crippen LogP contribution is 2.24. The van der Waals surface area contributed by atoms with E-state index in [0.29, 0.717) is 10.5 Å². The topological polar surface area (TPSA) is 92.2 Å².